The summed E-state index contributed by atoms with van der Waals surface area (Å²) < 4.78 is 6.25. The third-order valence-electron chi connectivity index (χ3n) is 3.47. The first-order chi connectivity index (χ1) is 11.7. The fraction of sp³-hybridized carbons (Fsp3) is 0.263. The molecule has 24 heavy (non-hydrogen) atoms. The Morgan fingerprint density at radius 1 is 1.08 bits per heavy atom. The maximum Gasteiger partial charge on any atom is 0.224 e. The molecule has 1 amide bonds. The number of carbonyl (C=O) groups is 1. The van der Waals surface area contributed by atoms with Crippen molar-refractivity contribution in [2.75, 3.05) is 11.9 Å². The number of unbranched alkanes of at least 4 members (excludes halogenated alkanes) is 1. The highest BCUT2D eigenvalue weighted by molar-refractivity contribution is 9.10. The van der Waals surface area contributed by atoms with Crippen LogP contribution in [0.4, 0.5) is 5.69 Å². The van der Waals surface area contributed by atoms with Crippen LogP contribution in [-0.4, -0.2) is 12.5 Å². The fourth-order valence-electron chi connectivity index (χ4n) is 2.24. The van der Waals surface area contributed by atoms with Gasteiger partial charge in [0.2, 0.25) is 5.91 Å². The van der Waals surface area contributed by atoms with Crippen molar-refractivity contribution < 1.29 is 9.53 Å². The number of amides is 1. The zero-order valence-electron chi connectivity index (χ0n) is 13.3. The summed E-state index contributed by atoms with van der Waals surface area (Å²) in [4.78, 5) is 11.9. The van der Waals surface area contributed by atoms with Crippen LogP contribution in [0.15, 0.2) is 53.0 Å². The van der Waals surface area contributed by atoms with Crippen molar-refractivity contribution in [1.82, 2.24) is 0 Å². The normalized spacial score (nSPS) is 10.0. The zero-order chi connectivity index (χ0) is 17.2. The summed E-state index contributed by atoms with van der Waals surface area (Å²) in [6, 6.07) is 17.2. The van der Waals surface area contributed by atoms with Gasteiger partial charge in [-0.15, -0.1) is 0 Å². The molecule has 0 saturated carbocycles. The summed E-state index contributed by atoms with van der Waals surface area (Å²) in [7, 11) is 0. The van der Waals surface area contributed by atoms with Crippen LogP contribution in [0.3, 0.4) is 0 Å². The summed E-state index contributed by atoms with van der Waals surface area (Å²) in [5.74, 6) is 0.626. The molecule has 0 aliphatic heterocycles. The molecule has 2 aromatic carbocycles. The SMILES string of the molecule is N#CCOc1ccc(NC(=O)CCCCc2ccc(Br)cc2)cc1. The Bertz CT molecular complexity index is 691. The van der Waals surface area contributed by atoms with Crippen molar-refractivity contribution in [1.29, 1.82) is 5.26 Å². The predicted octanol–water partition coefficient (Wildman–Crippen LogP) is 4.70. The highest BCUT2D eigenvalue weighted by Crippen LogP contribution is 2.16. The Kier molecular flexibility index (Phi) is 7.31. The molecule has 0 atom stereocenters. The van der Waals surface area contributed by atoms with E-state index in [1.54, 1.807) is 24.3 Å². The molecule has 0 aliphatic rings. The van der Waals surface area contributed by atoms with E-state index in [9.17, 15) is 4.79 Å². The van der Waals surface area contributed by atoms with Gasteiger partial charge in [-0.3, -0.25) is 4.79 Å². The van der Waals surface area contributed by atoms with E-state index in [1.165, 1.54) is 5.56 Å². The number of hydrogen-bond acceptors (Lipinski definition) is 3. The summed E-state index contributed by atoms with van der Waals surface area (Å²) in [6.45, 7) is 0.0179. The molecule has 0 heterocycles. The third kappa shape index (κ3) is 6.43. The van der Waals surface area contributed by atoms with Crippen LogP contribution in [0.2, 0.25) is 0 Å². The summed E-state index contributed by atoms with van der Waals surface area (Å²) in [5.41, 5.74) is 2.02. The first kappa shape index (κ1) is 18.0. The van der Waals surface area contributed by atoms with Crippen molar-refractivity contribution >= 4 is 27.5 Å². The average Bonchev–Trinajstić information content (AvgIpc) is 2.60. The Labute approximate surface area is 150 Å². The molecule has 1 N–H and O–H groups in total. The molecular weight excluding hydrogens is 368 g/mol. The molecule has 4 nitrogen and oxygen atoms in total. The van der Waals surface area contributed by atoms with E-state index in [2.05, 4.69) is 33.4 Å². The lowest BCUT2D eigenvalue weighted by molar-refractivity contribution is -0.116. The number of hydrogen-bond donors (Lipinski definition) is 1. The molecule has 0 unspecified atom stereocenters. The number of nitriles is 1. The number of nitrogens with zero attached hydrogens (tertiary/aromatic N) is 1. The summed E-state index contributed by atoms with van der Waals surface area (Å²) in [6.07, 6.45) is 3.32. The van der Waals surface area contributed by atoms with Gasteiger partial charge in [0.05, 0.1) is 0 Å². The van der Waals surface area contributed by atoms with E-state index in [1.807, 2.05) is 18.2 Å². The molecule has 0 fully saturated rings. The maximum absolute atomic E-state index is 11.9. The molecule has 5 heteroatoms. The number of ether oxygens (including phenoxy) is 1. The molecular formula is C19H19BrN2O2. The van der Waals surface area contributed by atoms with Gasteiger partial charge >= 0.3 is 0 Å². The van der Waals surface area contributed by atoms with Crippen LogP contribution in [0.25, 0.3) is 0 Å². The average molecular weight is 387 g/mol. The Morgan fingerprint density at radius 3 is 2.46 bits per heavy atom. The lowest BCUT2D eigenvalue weighted by Gasteiger charge is -2.07. The van der Waals surface area contributed by atoms with Crippen LogP contribution in [0.5, 0.6) is 5.75 Å². The number of halogens is 1. The van der Waals surface area contributed by atoms with Crippen molar-refractivity contribution in [2.45, 2.75) is 25.7 Å². The zero-order valence-corrected chi connectivity index (χ0v) is 14.9. The number of benzene rings is 2. The van der Waals surface area contributed by atoms with Crippen molar-refractivity contribution in [3.63, 3.8) is 0 Å². The predicted molar refractivity (Wildman–Crippen MR) is 97.9 cm³/mol. The van der Waals surface area contributed by atoms with Crippen molar-refractivity contribution in [2.24, 2.45) is 0 Å². The molecule has 0 radical (unpaired) electrons. The molecule has 0 aliphatic carbocycles. The lowest BCUT2D eigenvalue weighted by atomic mass is 10.1. The highest BCUT2D eigenvalue weighted by Gasteiger charge is 2.03. The van der Waals surface area contributed by atoms with Crippen LogP contribution in [-0.2, 0) is 11.2 Å². The standard InChI is InChI=1S/C19H19BrN2O2/c20-16-7-5-15(6-8-16)3-1-2-4-19(23)22-17-9-11-18(12-10-17)24-14-13-21/h5-12H,1-4,14H2,(H,22,23). The Hall–Kier alpha value is -2.32. The first-order valence-electron chi connectivity index (χ1n) is 7.81. The van der Waals surface area contributed by atoms with Crippen LogP contribution < -0.4 is 10.1 Å². The van der Waals surface area contributed by atoms with E-state index in [4.69, 9.17) is 10.00 Å². The van der Waals surface area contributed by atoms with Gasteiger partial charge in [0.15, 0.2) is 6.61 Å². The van der Waals surface area contributed by atoms with Gasteiger partial charge in [0, 0.05) is 16.6 Å². The van der Waals surface area contributed by atoms with E-state index < -0.39 is 0 Å². The number of anilines is 1. The maximum atomic E-state index is 11.9. The second-order valence-corrected chi connectivity index (χ2v) is 6.27. The Balaban J connectivity index is 1.67. The van der Waals surface area contributed by atoms with Gasteiger partial charge in [-0.05, 0) is 61.2 Å². The van der Waals surface area contributed by atoms with Crippen molar-refractivity contribution in [3.05, 3.63) is 58.6 Å². The van der Waals surface area contributed by atoms with E-state index in [0.717, 1.165) is 29.4 Å². The highest BCUT2D eigenvalue weighted by atomic mass is 79.9. The third-order valence-corrected chi connectivity index (χ3v) is 4.00. The molecule has 0 aromatic heterocycles. The van der Waals surface area contributed by atoms with E-state index in [-0.39, 0.29) is 12.5 Å². The summed E-state index contributed by atoms with van der Waals surface area (Å²) in [5, 5.41) is 11.3. The number of carbonyl (C=O) groups excluding carboxylic acids is 1. The number of nitrogens with one attached hydrogen (secondary N) is 1. The minimum Gasteiger partial charge on any atom is -0.479 e. The molecule has 124 valence electrons. The Morgan fingerprint density at radius 2 is 1.79 bits per heavy atom. The number of rotatable bonds is 8. The van der Waals surface area contributed by atoms with Gasteiger partial charge < -0.3 is 10.1 Å². The van der Waals surface area contributed by atoms with Gasteiger partial charge in [-0.25, -0.2) is 0 Å². The molecule has 0 saturated heterocycles. The van der Waals surface area contributed by atoms with Gasteiger partial charge in [-0.2, -0.15) is 5.26 Å². The number of aryl methyl sites for hydroxylation is 1. The van der Waals surface area contributed by atoms with Gasteiger partial charge in [0.25, 0.3) is 0 Å². The van der Waals surface area contributed by atoms with Gasteiger partial charge in [-0.1, -0.05) is 28.1 Å². The van der Waals surface area contributed by atoms with E-state index in [0.29, 0.717) is 12.2 Å². The minimum absolute atomic E-state index is 0.0106. The molecule has 0 bridgehead atoms. The van der Waals surface area contributed by atoms with Crippen LogP contribution in [0.1, 0.15) is 24.8 Å². The smallest absolute Gasteiger partial charge is 0.224 e. The van der Waals surface area contributed by atoms with Crippen molar-refractivity contribution in [3.8, 4) is 11.8 Å². The topological polar surface area (TPSA) is 62.1 Å². The second-order valence-electron chi connectivity index (χ2n) is 5.35. The van der Waals surface area contributed by atoms with Crippen LogP contribution >= 0.6 is 15.9 Å². The minimum atomic E-state index is 0.0106. The monoisotopic (exact) mass is 386 g/mol. The summed E-state index contributed by atoms with van der Waals surface area (Å²) >= 11 is 3.42. The quantitative estimate of drug-likeness (QED) is 0.668. The first-order valence-corrected chi connectivity index (χ1v) is 8.61. The van der Waals surface area contributed by atoms with Gasteiger partial charge in [0.1, 0.15) is 11.8 Å². The second kappa shape index (κ2) is 9.74. The fourth-order valence-corrected chi connectivity index (χ4v) is 2.50. The molecule has 2 aromatic rings. The molecule has 2 rings (SSSR count). The molecule has 0 spiro atoms. The van der Waals surface area contributed by atoms with E-state index >= 15 is 0 Å². The van der Waals surface area contributed by atoms with Crippen LogP contribution in [0, 0.1) is 11.3 Å². The lowest BCUT2D eigenvalue weighted by Crippen LogP contribution is -2.11. The largest absolute Gasteiger partial charge is 0.479 e.